The number of halogens is 2. The summed E-state index contributed by atoms with van der Waals surface area (Å²) in [6, 6.07) is 3.52. The average molecular weight is 277 g/mol. The smallest absolute Gasteiger partial charge is 0.276 e. The molecule has 1 unspecified atom stereocenters. The van der Waals surface area contributed by atoms with Crippen molar-refractivity contribution in [3.63, 3.8) is 0 Å². The number of aromatic nitrogens is 1. The van der Waals surface area contributed by atoms with Crippen molar-refractivity contribution in [2.24, 2.45) is 0 Å². The third kappa shape index (κ3) is 3.01. The maximum atomic E-state index is 11.9. The maximum Gasteiger partial charge on any atom is 0.276 e. The van der Waals surface area contributed by atoms with Crippen LogP contribution < -0.4 is 4.74 Å². The Balaban J connectivity index is 0.00000144. The topological polar surface area (TPSA) is 42.4 Å². The fraction of sp³-hybridized carbons (Fsp3) is 0.455. The second-order valence-electron chi connectivity index (χ2n) is 3.75. The van der Waals surface area contributed by atoms with Crippen molar-refractivity contribution in [3.05, 3.63) is 24.0 Å². The summed E-state index contributed by atoms with van der Waals surface area (Å²) in [6.07, 6.45) is 2.25. The molecule has 0 saturated heterocycles. The highest BCUT2D eigenvalue weighted by Gasteiger charge is 2.26. The first-order valence-electron chi connectivity index (χ1n) is 5.15. The molecule has 0 aromatic carbocycles. The molecule has 1 aromatic heterocycles. The maximum absolute atomic E-state index is 11.9. The first-order valence-corrected chi connectivity index (χ1v) is 5.69. The standard InChI is InChI=1S/C11H13ClN2O2.ClH/c1-14-7-8(4-5-12)16-9-3-2-6-13-10(9)11(14)15;/h2-3,6,8H,4-5,7H2,1H3;1H. The van der Waals surface area contributed by atoms with Gasteiger partial charge in [0.25, 0.3) is 5.91 Å². The quantitative estimate of drug-likeness (QED) is 0.776. The Morgan fingerprint density at radius 2 is 2.41 bits per heavy atom. The van der Waals surface area contributed by atoms with E-state index >= 15 is 0 Å². The lowest BCUT2D eigenvalue weighted by Crippen LogP contribution is -2.34. The van der Waals surface area contributed by atoms with Gasteiger partial charge in [-0.25, -0.2) is 4.98 Å². The van der Waals surface area contributed by atoms with Crippen LogP contribution in [-0.2, 0) is 0 Å². The molecular weight excluding hydrogens is 263 g/mol. The SMILES string of the molecule is CN1CC(CCCl)Oc2cccnc2C1=O.Cl. The molecule has 1 amide bonds. The number of rotatable bonds is 2. The Hall–Kier alpha value is -1.00. The van der Waals surface area contributed by atoms with Crippen LogP contribution in [0.5, 0.6) is 5.75 Å². The van der Waals surface area contributed by atoms with E-state index in [2.05, 4.69) is 4.98 Å². The average Bonchev–Trinajstić information content (AvgIpc) is 2.39. The highest BCUT2D eigenvalue weighted by atomic mass is 35.5. The van der Waals surface area contributed by atoms with Gasteiger partial charge in [0.2, 0.25) is 0 Å². The van der Waals surface area contributed by atoms with E-state index < -0.39 is 0 Å². The van der Waals surface area contributed by atoms with Crippen LogP contribution in [0.1, 0.15) is 16.9 Å². The van der Waals surface area contributed by atoms with Gasteiger partial charge in [0.15, 0.2) is 11.4 Å². The first kappa shape index (κ1) is 14.1. The van der Waals surface area contributed by atoms with E-state index in [-0.39, 0.29) is 24.4 Å². The van der Waals surface area contributed by atoms with E-state index in [9.17, 15) is 4.79 Å². The fourth-order valence-electron chi connectivity index (χ4n) is 1.70. The lowest BCUT2D eigenvalue weighted by molar-refractivity contribution is 0.0755. The van der Waals surface area contributed by atoms with Gasteiger partial charge in [-0.1, -0.05) is 0 Å². The van der Waals surface area contributed by atoms with E-state index in [0.717, 1.165) is 0 Å². The normalized spacial score (nSPS) is 18.8. The Kier molecular flexibility index (Phi) is 5.02. The summed E-state index contributed by atoms with van der Waals surface area (Å²) < 4.78 is 5.73. The van der Waals surface area contributed by atoms with Crippen molar-refractivity contribution in [2.45, 2.75) is 12.5 Å². The molecule has 1 aliphatic rings. The molecule has 1 aromatic rings. The van der Waals surface area contributed by atoms with Gasteiger partial charge < -0.3 is 9.64 Å². The number of fused-ring (bicyclic) bond motifs is 1. The van der Waals surface area contributed by atoms with Crippen LogP contribution in [0.25, 0.3) is 0 Å². The zero-order valence-corrected chi connectivity index (χ0v) is 11.0. The highest BCUT2D eigenvalue weighted by molar-refractivity contribution is 6.17. The van der Waals surface area contributed by atoms with Crippen molar-refractivity contribution in [3.8, 4) is 5.75 Å². The van der Waals surface area contributed by atoms with Gasteiger partial charge in [-0.15, -0.1) is 24.0 Å². The number of carbonyl (C=O) groups is 1. The number of hydrogen-bond acceptors (Lipinski definition) is 3. The summed E-state index contributed by atoms with van der Waals surface area (Å²) in [5, 5.41) is 0. The minimum Gasteiger partial charge on any atom is -0.486 e. The zero-order valence-electron chi connectivity index (χ0n) is 9.43. The van der Waals surface area contributed by atoms with Crippen LogP contribution in [-0.4, -0.2) is 41.4 Å². The number of alkyl halides is 1. The molecule has 0 fully saturated rings. The van der Waals surface area contributed by atoms with Crippen LogP contribution in [0.4, 0.5) is 0 Å². The largest absolute Gasteiger partial charge is 0.486 e. The van der Waals surface area contributed by atoms with E-state index in [1.807, 2.05) is 0 Å². The van der Waals surface area contributed by atoms with Gasteiger partial charge in [0.05, 0.1) is 6.54 Å². The fourth-order valence-corrected chi connectivity index (χ4v) is 1.95. The van der Waals surface area contributed by atoms with E-state index in [1.165, 1.54) is 0 Å². The molecule has 2 rings (SSSR count). The van der Waals surface area contributed by atoms with Crippen molar-refractivity contribution >= 4 is 29.9 Å². The molecule has 0 bridgehead atoms. The van der Waals surface area contributed by atoms with E-state index in [0.29, 0.717) is 30.3 Å². The molecule has 1 atom stereocenters. The first-order chi connectivity index (χ1) is 7.72. The van der Waals surface area contributed by atoms with Gasteiger partial charge >= 0.3 is 0 Å². The van der Waals surface area contributed by atoms with Crippen molar-refractivity contribution in [2.75, 3.05) is 19.5 Å². The molecule has 2 heterocycles. The van der Waals surface area contributed by atoms with Gasteiger partial charge in [-0.3, -0.25) is 4.79 Å². The highest BCUT2D eigenvalue weighted by Crippen LogP contribution is 2.23. The molecule has 0 saturated carbocycles. The van der Waals surface area contributed by atoms with Crippen molar-refractivity contribution < 1.29 is 9.53 Å². The number of ether oxygens (including phenoxy) is 1. The number of hydrogen-bond donors (Lipinski definition) is 0. The van der Waals surface area contributed by atoms with Crippen molar-refractivity contribution in [1.82, 2.24) is 9.88 Å². The van der Waals surface area contributed by atoms with Gasteiger partial charge in [0.1, 0.15) is 6.10 Å². The molecule has 94 valence electrons. The third-order valence-corrected chi connectivity index (χ3v) is 2.74. The molecule has 4 nitrogen and oxygen atoms in total. The Labute approximate surface area is 111 Å². The molecular formula is C11H14Cl2N2O2. The Morgan fingerprint density at radius 3 is 3.12 bits per heavy atom. The summed E-state index contributed by atoms with van der Waals surface area (Å²) in [4.78, 5) is 17.6. The van der Waals surface area contributed by atoms with Gasteiger partial charge in [0, 0.05) is 19.1 Å². The van der Waals surface area contributed by atoms with Crippen LogP contribution in [0.15, 0.2) is 18.3 Å². The number of nitrogens with zero attached hydrogens (tertiary/aromatic N) is 2. The van der Waals surface area contributed by atoms with Crippen LogP contribution in [0.2, 0.25) is 0 Å². The molecule has 0 spiro atoms. The minimum atomic E-state index is -0.104. The molecule has 6 heteroatoms. The third-order valence-electron chi connectivity index (χ3n) is 2.52. The van der Waals surface area contributed by atoms with Crippen LogP contribution in [0.3, 0.4) is 0 Å². The number of pyridine rings is 1. The Morgan fingerprint density at radius 1 is 1.65 bits per heavy atom. The molecule has 1 aliphatic heterocycles. The Bertz CT molecular complexity index is 401. The van der Waals surface area contributed by atoms with E-state index in [1.54, 1.807) is 30.3 Å². The molecule has 0 N–H and O–H groups in total. The summed E-state index contributed by atoms with van der Waals surface area (Å²) in [5.41, 5.74) is 0.377. The summed E-state index contributed by atoms with van der Waals surface area (Å²) in [5.74, 6) is 0.960. The predicted octanol–water partition coefficient (Wildman–Crippen LogP) is 1.97. The monoisotopic (exact) mass is 276 g/mol. The predicted molar refractivity (Wildman–Crippen MR) is 68.2 cm³/mol. The molecule has 17 heavy (non-hydrogen) atoms. The summed E-state index contributed by atoms with van der Waals surface area (Å²) in [6.45, 7) is 0.544. The van der Waals surface area contributed by atoms with Gasteiger partial charge in [-0.05, 0) is 18.6 Å². The van der Waals surface area contributed by atoms with Crippen LogP contribution in [0, 0.1) is 0 Å². The minimum absolute atomic E-state index is 0. The van der Waals surface area contributed by atoms with Crippen LogP contribution >= 0.6 is 24.0 Å². The number of carbonyl (C=O) groups excluding carboxylic acids is 1. The van der Waals surface area contributed by atoms with Crippen molar-refractivity contribution in [1.29, 1.82) is 0 Å². The molecule has 0 aliphatic carbocycles. The van der Waals surface area contributed by atoms with E-state index in [4.69, 9.17) is 16.3 Å². The lowest BCUT2D eigenvalue weighted by atomic mass is 10.2. The van der Waals surface area contributed by atoms with Gasteiger partial charge in [-0.2, -0.15) is 0 Å². The second-order valence-corrected chi connectivity index (χ2v) is 4.13. The lowest BCUT2D eigenvalue weighted by Gasteiger charge is -2.19. The number of likely N-dealkylation sites (N-methyl/N-ethyl adjacent to an activating group) is 1. The zero-order chi connectivity index (χ0) is 11.5. The second kappa shape index (κ2) is 6.07. The number of amides is 1. The summed E-state index contributed by atoms with van der Waals surface area (Å²) >= 11 is 5.70. The molecule has 0 radical (unpaired) electrons. The summed E-state index contributed by atoms with van der Waals surface area (Å²) in [7, 11) is 1.75.